The van der Waals surface area contributed by atoms with Crippen LogP contribution in [0.2, 0.25) is 0 Å². The van der Waals surface area contributed by atoms with E-state index in [2.05, 4.69) is 18.7 Å². The molecule has 2 heterocycles. The molecule has 2 rings (SSSR count). The van der Waals surface area contributed by atoms with Gasteiger partial charge in [-0.15, -0.1) is 0 Å². The summed E-state index contributed by atoms with van der Waals surface area (Å²) in [6.07, 6.45) is 4.89. The fourth-order valence-electron chi connectivity index (χ4n) is 2.20. The maximum atomic E-state index is 10.6. The van der Waals surface area contributed by atoms with Gasteiger partial charge in [0, 0.05) is 43.6 Å². The summed E-state index contributed by atoms with van der Waals surface area (Å²) in [5, 5.41) is 0. The molecule has 0 N–H and O–H groups in total. The van der Waals surface area contributed by atoms with Gasteiger partial charge in [0.2, 0.25) is 0 Å². The number of aldehydes is 1. The zero-order chi connectivity index (χ0) is 12.3. The van der Waals surface area contributed by atoms with Crippen LogP contribution in [0.5, 0.6) is 0 Å². The molecule has 17 heavy (non-hydrogen) atoms. The van der Waals surface area contributed by atoms with Crippen LogP contribution >= 0.6 is 0 Å². The predicted molar refractivity (Wildman–Crippen MR) is 66.3 cm³/mol. The van der Waals surface area contributed by atoms with E-state index in [0.717, 1.165) is 38.1 Å². The second-order valence-electron chi connectivity index (χ2n) is 4.84. The van der Waals surface area contributed by atoms with Crippen molar-refractivity contribution in [3.63, 3.8) is 0 Å². The highest BCUT2D eigenvalue weighted by molar-refractivity contribution is 5.74. The van der Waals surface area contributed by atoms with Crippen LogP contribution in [-0.2, 0) is 11.3 Å². The minimum absolute atomic E-state index is 0.220. The van der Waals surface area contributed by atoms with Crippen LogP contribution in [0.25, 0.3) is 0 Å². The Hall–Kier alpha value is -1.13. The van der Waals surface area contributed by atoms with Crippen LogP contribution in [0.15, 0.2) is 18.5 Å². The van der Waals surface area contributed by atoms with Crippen LogP contribution in [0.3, 0.4) is 0 Å². The van der Waals surface area contributed by atoms with Gasteiger partial charge in [0.15, 0.2) is 6.29 Å². The maximum Gasteiger partial charge on any atom is 0.151 e. The lowest BCUT2D eigenvalue weighted by Crippen LogP contribution is -2.47. The van der Waals surface area contributed by atoms with E-state index >= 15 is 0 Å². The molecule has 1 aromatic rings. The van der Waals surface area contributed by atoms with Gasteiger partial charge in [-0.1, -0.05) is 0 Å². The summed E-state index contributed by atoms with van der Waals surface area (Å²) in [5.74, 6) is 0. The van der Waals surface area contributed by atoms with E-state index in [1.165, 1.54) is 0 Å². The molecule has 4 nitrogen and oxygen atoms in total. The van der Waals surface area contributed by atoms with Crippen molar-refractivity contribution in [1.82, 2.24) is 9.47 Å². The van der Waals surface area contributed by atoms with Crippen molar-refractivity contribution < 1.29 is 9.53 Å². The largest absolute Gasteiger partial charge is 0.374 e. The van der Waals surface area contributed by atoms with Gasteiger partial charge in [0.05, 0.1) is 12.7 Å². The molecule has 0 aliphatic carbocycles. The number of aromatic nitrogens is 1. The summed E-state index contributed by atoms with van der Waals surface area (Å²) in [7, 11) is 0. The average Bonchev–Trinajstić information content (AvgIpc) is 2.77. The normalized spacial score (nSPS) is 21.9. The Balaban J connectivity index is 1.92. The van der Waals surface area contributed by atoms with Crippen molar-refractivity contribution in [2.24, 2.45) is 0 Å². The van der Waals surface area contributed by atoms with E-state index < -0.39 is 0 Å². The Morgan fingerprint density at radius 2 is 2.41 bits per heavy atom. The smallest absolute Gasteiger partial charge is 0.151 e. The lowest BCUT2D eigenvalue weighted by molar-refractivity contribution is -0.0455. The molecule has 4 heteroatoms. The molecule has 0 bridgehead atoms. The summed E-state index contributed by atoms with van der Waals surface area (Å²) >= 11 is 0. The van der Waals surface area contributed by atoms with E-state index in [4.69, 9.17) is 4.74 Å². The molecule has 0 radical (unpaired) electrons. The quantitative estimate of drug-likeness (QED) is 0.741. The first-order valence-corrected chi connectivity index (χ1v) is 6.15. The first-order valence-electron chi connectivity index (χ1n) is 6.15. The first kappa shape index (κ1) is 12.3. The highest BCUT2D eigenvalue weighted by atomic mass is 16.5. The highest BCUT2D eigenvalue weighted by Crippen LogP contribution is 2.11. The van der Waals surface area contributed by atoms with Gasteiger partial charge < -0.3 is 9.30 Å². The monoisotopic (exact) mass is 236 g/mol. The predicted octanol–water partition coefficient (Wildman–Crippen LogP) is 1.41. The molecule has 1 unspecified atom stereocenters. The number of carbonyl (C=O) groups excluding carboxylic acids is 1. The zero-order valence-corrected chi connectivity index (χ0v) is 10.5. The molecular formula is C13H20N2O2. The molecule has 1 atom stereocenters. The molecule has 94 valence electrons. The minimum Gasteiger partial charge on any atom is -0.374 e. The molecule has 0 spiro atoms. The van der Waals surface area contributed by atoms with Crippen LogP contribution in [0.4, 0.5) is 0 Å². The van der Waals surface area contributed by atoms with Gasteiger partial charge in [0.25, 0.3) is 0 Å². The highest BCUT2D eigenvalue weighted by Gasteiger charge is 2.22. The Bertz CT molecular complexity index is 373. The number of carbonyl (C=O) groups is 1. The lowest BCUT2D eigenvalue weighted by Gasteiger charge is -2.35. The van der Waals surface area contributed by atoms with E-state index in [1.54, 1.807) is 0 Å². The van der Waals surface area contributed by atoms with Crippen molar-refractivity contribution in [2.45, 2.75) is 32.5 Å². The third-order valence-corrected chi connectivity index (χ3v) is 3.22. The SMILES string of the molecule is CC(C)N1CCOC(Cn2ccc(C=O)c2)C1. The number of morpholine rings is 1. The second-order valence-corrected chi connectivity index (χ2v) is 4.84. The number of nitrogens with zero attached hydrogens (tertiary/aromatic N) is 2. The molecule has 0 saturated carbocycles. The summed E-state index contributed by atoms with van der Waals surface area (Å²) in [6.45, 7) is 8.01. The van der Waals surface area contributed by atoms with E-state index in [9.17, 15) is 4.79 Å². The van der Waals surface area contributed by atoms with Gasteiger partial charge in [-0.25, -0.2) is 0 Å². The molecule has 1 saturated heterocycles. The molecule has 1 aromatic heterocycles. The number of hydrogen-bond donors (Lipinski definition) is 0. The van der Waals surface area contributed by atoms with Gasteiger partial charge in [-0.05, 0) is 19.9 Å². The first-order chi connectivity index (χ1) is 8.19. The summed E-state index contributed by atoms with van der Waals surface area (Å²) in [4.78, 5) is 13.0. The van der Waals surface area contributed by atoms with E-state index in [-0.39, 0.29) is 6.10 Å². The Labute approximate surface area is 102 Å². The van der Waals surface area contributed by atoms with Crippen molar-refractivity contribution in [1.29, 1.82) is 0 Å². The third-order valence-electron chi connectivity index (χ3n) is 3.22. The third kappa shape index (κ3) is 3.17. The molecule has 1 fully saturated rings. The van der Waals surface area contributed by atoms with Gasteiger partial charge in [0.1, 0.15) is 0 Å². The summed E-state index contributed by atoms with van der Waals surface area (Å²) in [5.41, 5.74) is 0.724. The van der Waals surface area contributed by atoms with E-state index in [0.29, 0.717) is 6.04 Å². The standard InChI is InChI=1S/C13H20N2O2/c1-11(2)15-5-6-17-13(9-15)8-14-4-3-12(7-14)10-16/h3-4,7,10-11,13H,5-6,8-9H2,1-2H3. The van der Waals surface area contributed by atoms with Crippen molar-refractivity contribution in [2.75, 3.05) is 19.7 Å². The van der Waals surface area contributed by atoms with E-state index in [1.807, 2.05) is 23.0 Å². The average molecular weight is 236 g/mol. The van der Waals surface area contributed by atoms with Crippen LogP contribution in [-0.4, -0.2) is 47.6 Å². The molecule has 1 aliphatic heterocycles. The number of rotatable bonds is 4. The Kier molecular flexibility index (Phi) is 3.97. The fraction of sp³-hybridized carbons (Fsp3) is 0.615. The van der Waals surface area contributed by atoms with Crippen LogP contribution in [0.1, 0.15) is 24.2 Å². The second kappa shape index (κ2) is 5.47. The topological polar surface area (TPSA) is 34.5 Å². The summed E-state index contributed by atoms with van der Waals surface area (Å²) < 4.78 is 7.78. The minimum atomic E-state index is 0.220. The molecule has 1 aliphatic rings. The van der Waals surface area contributed by atoms with Gasteiger partial charge in [-0.2, -0.15) is 0 Å². The molecule has 0 amide bonds. The number of ether oxygens (including phenoxy) is 1. The number of hydrogen-bond acceptors (Lipinski definition) is 3. The van der Waals surface area contributed by atoms with Gasteiger partial charge >= 0.3 is 0 Å². The van der Waals surface area contributed by atoms with Crippen LogP contribution in [0, 0.1) is 0 Å². The maximum absolute atomic E-state index is 10.6. The Morgan fingerprint density at radius 1 is 1.59 bits per heavy atom. The molecule has 0 aromatic carbocycles. The summed E-state index contributed by atoms with van der Waals surface area (Å²) in [6, 6.07) is 2.40. The van der Waals surface area contributed by atoms with Crippen molar-refractivity contribution >= 4 is 6.29 Å². The zero-order valence-electron chi connectivity index (χ0n) is 10.5. The van der Waals surface area contributed by atoms with Gasteiger partial charge in [-0.3, -0.25) is 9.69 Å². The lowest BCUT2D eigenvalue weighted by atomic mass is 10.2. The van der Waals surface area contributed by atoms with Crippen molar-refractivity contribution in [3.8, 4) is 0 Å². The van der Waals surface area contributed by atoms with Crippen LogP contribution < -0.4 is 0 Å². The fourth-order valence-corrected chi connectivity index (χ4v) is 2.20. The Morgan fingerprint density at radius 3 is 3.06 bits per heavy atom. The molecular weight excluding hydrogens is 216 g/mol. The van der Waals surface area contributed by atoms with Crippen molar-refractivity contribution in [3.05, 3.63) is 24.0 Å².